The van der Waals surface area contributed by atoms with E-state index in [0.717, 1.165) is 24.4 Å². The summed E-state index contributed by atoms with van der Waals surface area (Å²) >= 11 is 0. The topological polar surface area (TPSA) is 74.1 Å². The predicted molar refractivity (Wildman–Crippen MR) is 69.9 cm³/mol. The van der Waals surface area contributed by atoms with Crippen LogP contribution in [0, 0.1) is 0 Å². The Bertz CT molecular complexity index is 541. The van der Waals surface area contributed by atoms with Crippen LogP contribution in [0.4, 0.5) is 0 Å². The van der Waals surface area contributed by atoms with Gasteiger partial charge in [-0.05, 0) is 24.4 Å². The van der Waals surface area contributed by atoms with Gasteiger partial charge < -0.3 is 14.8 Å². The minimum Gasteiger partial charge on any atom is -0.497 e. The number of nitrogens with one attached hydrogen (secondary N) is 1. The van der Waals surface area contributed by atoms with Crippen molar-refractivity contribution < 1.29 is 9.47 Å². The van der Waals surface area contributed by atoms with Gasteiger partial charge in [0.15, 0.2) is 5.82 Å². The molecule has 0 bridgehead atoms. The van der Waals surface area contributed by atoms with Crippen molar-refractivity contribution in [3.05, 3.63) is 24.0 Å². The molecule has 7 nitrogen and oxygen atoms in total. The fourth-order valence-electron chi connectivity index (χ4n) is 1.63. The monoisotopic (exact) mass is 263 g/mol. The highest BCUT2D eigenvalue weighted by molar-refractivity contribution is 5.49. The third-order valence-corrected chi connectivity index (χ3v) is 2.66. The molecule has 0 amide bonds. The van der Waals surface area contributed by atoms with Crippen molar-refractivity contribution >= 4 is 0 Å². The summed E-state index contributed by atoms with van der Waals surface area (Å²) in [6.07, 6.45) is 0.731. The smallest absolute Gasteiger partial charge is 0.176 e. The molecule has 1 aromatic heterocycles. The second kappa shape index (κ2) is 6.14. The largest absolute Gasteiger partial charge is 0.497 e. The maximum absolute atomic E-state index is 5.31. The summed E-state index contributed by atoms with van der Waals surface area (Å²) in [4.78, 5) is 1.46. The molecule has 2 aromatic rings. The van der Waals surface area contributed by atoms with Gasteiger partial charge in [0.25, 0.3) is 0 Å². The number of rotatable bonds is 6. The zero-order chi connectivity index (χ0) is 13.7. The lowest BCUT2D eigenvalue weighted by Gasteiger charge is -2.08. The van der Waals surface area contributed by atoms with Crippen LogP contribution in [0.15, 0.2) is 18.2 Å². The zero-order valence-electron chi connectivity index (χ0n) is 11.3. The van der Waals surface area contributed by atoms with E-state index in [0.29, 0.717) is 11.6 Å². The van der Waals surface area contributed by atoms with Crippen molar-refractivity contribution in [1.82, 2.24) is 25.5 Å². The summed E-state index contributed by atoms with van der Waals surface area (Å²) in [6, 6.07) is 5.45. The van der Waals surface area contributed by atoms with Gasteiger partial charge in [0.05, 0.1) is 14.2 Å². The van der Waals surface area contributed by atoms with E-state index >= 15 is 0 Å². The maximum Gasteiger partial charge on any atom is 0.176 e. The van der Waals surface area contributed by atoms with E-state index < -0.39 is 0 Å². The van der Waals surface area contributed by atoms with E-state index in [1.807, 2.05) is 19.2 Å². The average Bonchev–Trinajstić information content (AvgIpc) is 2.92. The van der Waals surface area contributed by atoms with E-state index in [1.54, 1.807) is 20.3 Å². The molecule has 0 fully saturated rings. The first-order valence-electron chi connectivity index (χ1n) is 5.94. The molecule has 102 valence electrons. The van der Waals surface area contributed by atoms with Crippen LogP contribution >= 0.6 is 0 Å². The first-order valence-corrected chi connectivity index (χ1v) is 5.94. The Morgan fingerprint density at radius 1 is 1.26 bits per heavy atom. The number of likely N-dealkylation sites (N-methyl/N-ethyl adjacent to an activating group) is 1. The first-order chi connectivity index (χ1) is 9.28. The molecular formula is C12H17N5O2. The highest BCUT2D eigenvalue weighted by Gasteiger charge is 2.10. The van der Waals surface area contributed by atoms with Gasteiger partial charge in [-0.15, -0.1) is 15.0 Å². The number of aromatic nitrogens is 4. The number of benzene rings is 1. The standard InChI is InChI=1S/C12H17N5O2/c1-13-7-6-12-14-16-17(15-12)10-5-4-9(18-2)8-11(10)19-3/h4-5,8,13H,6-7H2,1-3H3. The van der Waals surface area contributed by atoms with Gasteiger partial charge >= 0.3 is 0 Å². The maximum atomic E-state index is 5.31. The molecular weight excluding hydrogens is 246 g/mol. The van der Waals surface area contributed by atoms with Gasteiger partial charge in [0.2, 0.25) is 0 Å². The number of ether oxygens (including phenoxy) is 2. The number of tetrazole rings is 1. The number of methoxy groups -OCH3 is 2. The Kier molecular flexibility index (Phi) is 4.30. The molecule has 19 heavy (non-hydrogen) atoms. The Balaban J connectivity index is 2.27. The third kappa shape index (κ3) is 3.00. The minimum absolute atomic E-state index is 0.636. The van der Waals surface area contributed by atoms with Crippen molar-refractivity contribution in [2.24, 2.45) is 0 Å². The molecule has 0 saturated heterocycles. The van der Waals surface area contributed by atoms with E-state index in [-0.39, 0.29) is 0 Å². The van der Waals surface area contributed by atoms with Gasteiger partial charge in [-0.25, -0.2) is 0 Å². The summed E-state index contributed by atoms with van der Waals surface area (Å²) < 4.78 is 10.5. The molecule has 0 unspecified atom stereocenters. The Labute approximate surface area is 111 Å². The number of hydrogen-bond donors (Lipinski definition) is 1. The van der Waals surface area contributed by atoms with Gasteiger partial charge in [0.1, 0.15) is 17.2 Å². The van der Waals surface area contributed by atoms with Gasteiger partial charge in [0, 0.05) is 19.0 Å². The van der Waals surface area contributed by atoms with Gasteiger partial charge in [-0.3, -0.25) is 0 Å². The molecule has 7 heteroatoms. The lowest BCUT2D eigenvalue weighted by molar-refractivity contribution is 0.391. The Morgan fingerprint density at radius 2 is 2.11 bits per heavy atom. The predicted octanol–water partition coefficient (Wildman–Crippen LogP) is 0.441. The van der Waals surface area contributed by atoms with Crippen molar-refractivity contribution in [1.29, 1.82) is 0 Å². The molecule has 0 atom stereocenters. The van der Waals surface area contributed by atoms with E-state index in [1.165, 1.54) is 4.80 Å². The van der Waals surface area contributed by atoms with Crippen LogP contribution in [-0.2, 0) is 6.42 Å². The van der Waals surface area contributed by atoms with E-state index in [2.05, 4.69) is 20.7 Å². The van der Waals surface area contributed by atoms with Crippen LogP contribution in [0.5, 0.6) is 11.5 Å². The number of nitrogens with zero attached hydrogens (tertiary/aromatic N) is 4. The fraction of sp³-hybridized carbons (Fsp3) is 0.417. The Morgan fingerprint density at radius 3 is 2.79 bits per heavy atom. The highest BCUT2D eigenvalue weighted by atomic mass is 16.5. The van der Waals surface area contributed by atoms with E-state index in [9.17, 15) is 0 Å². The minimum atomic E-state index is 0.636. The molecule has 0 aliphatic rings. The van der Waals surface area contributed by atoms with Crippen LogP contribution in [0.1, 0.15) is 5.82 Å². The normalized spacial score (nSPS) is 10.5. The second-order valence-corrected chi connectivity index (χ2v) is 3.89. The van der Waals surface area contributed by atoms with Crippen LogP contribution < -0.4 is 14.8 Å². The van der Waals surface area contributed by atoms with Crippen molar-refractivity contribution in [3.63, 3.8) is 0 Å². The molecule has 0 saturated carbocycles. The quantitative estimate of drug-likeness (QED) is 0.815. The van der Waals surface area contributed by atoms with Crippen LogP contribution in [0.2, 0.25) is 0 Å². The van der Waals surface area contributed by atoms with Crippen LogP contribution in [0.25, 0.3) is 5.69 Å². The molecule has 0 radical (unpaired) electrons. The lowest BCUT2D eigenvalue weighted by Crippen LogP contribution is -2.11. The van der Waals surface area contributed by atoms with Crippen molar-refractivity contribution in [2.75, 3.05) is 27.8 Å². The summed E-state index contributed by atoms with van der Waals surface area (Å²) in [6.45, 7) is 0.811. The fourth-order valence-corrected chi connectivity index (χ4v) is 1.63. The van der Waals surface area contributed by atoms with Crippen LogP contribution in [0.3, 0.4) is 0 Å². The highest BCUT2D eigenvalue weighted by Crippen LogP contribution is 2.26. The Hall–Kier alpha value is -2.15. The van der Waals surface area contributed by atoms with Crippen molar-refractivity contribution in [3.8, 4) is 17.2 Å². The second-order valence-electron chi connectivity index (χ2n) is 3.89. The van der Waals surface area contributed by atoms with Crippen molar-refractivity contribution in [2.45, 2.75) is 6.42 Å². The molecule has 0 aliphatic heterocycles. The molecule has 2 rings (SSSR count). The molecule has 0 aliphatic carbocycles. The molecule has 1 aromatic carbocycles. The molecule has 0 spiro atoms. The lowest BCUT2D eigenvalue weighted by atomic mass is 10.3. The average molecular weight is 263 g/mol. The SMILES string of the molecule is CNCCc1nnn(-c2ccc(OC)cc2OC)n1. The van der Waals surface area contributed by atoms with E-state index in [4.69, 9.17) is 9.47 Å². The number of hydrogen-bond acceptors (Lipinski definition) is 6. The van der Waals surface area contributed by atoms with Gasteiger partial charge in [-0.1, -0.05) is 0 Å². The summed E-state index contributed by atoms with van der Waals surface area (Å²) in [5.74, 6) is 2.04. The molecule has 1 N–H and O–H groups in total. The summed E-state index contributed by atoms with van der Waals surface area (Å²) in [7, 11) is 5.09. The van der Waals surface area contributed by atoms with Crippen LogP contribution in [-0.4, -0.2) is 48.0 Å². The zero-order valence-corrected chi connectivity index (χ0v) is 11.3. The summed E-state index contributed by atoms with van der Waals surface area (Å²) in [5.41, 5.74) is 0.728. The first kappa shape index (κ1) is 13.3. The molecule has 1 heterocycles. The third-order valence-electron chi connectivity index (χ3n) is 2.66. The summed E-state index contributed by atoms with van der Waals surface area (Å²) in [5, 5.41) is 15.4. The van der Waals surface area contributed by atoms with Gasteiger partial charge in [-0.2, -0.15) is 0 Å².